The molecule has 1 N–H and O–H groups in total. The molecule has 0 aliphatic carbocycles. The molecule has 0 heterocycles. The number of ether oxygens (including phenoxy) is 1. The monoisotopic (exact) mass is 446 g/mol. The number of aryl methyl sites for hydroxylation is 2. The van der Waals surface area contributed by atoms with Crippen molar-refractivity contribution in [2.75, 3.05) is 13.7 Å². The van der Waals surface area contributed by atoms with E-state index in [9.17, 15) is 9.59 Å². The number of hydrogen-bond acceptors (Lipinski definition) is 3. The average Bonchev–Trinajstić information content (AvgIpc) is 2.70. The summed E-state index contributed by atoms with van der Waals surface area (Å²) in [6.07, 6.45) is 0.523. The van der Waals surface area contributed by atoms with Gasteiger partial charge in [-0.05, 0) is 49.1 Å². The molecular formula is C22H27BrN2O3. The molecule has 150 valence electrons. The fourth-order valence-electron chi connectivity index (χ4n) is 3.08. The number of halogens is 1. The Bertz CT molecular complexity index is 801. The Morgan fingerprint density at radius 2 is 1.75 bits per heavy atom. The Morgan fingerprint density at radius 3 is 2.29 bits per heavy atom. The van der Waals surface area contributed by atoms with Crippen LogP contribution in [-0.4, -0.2) is 36.4 Å². The lowest BCUT2D eigenvalue weighted by molar-refractivity contribution is -0.142. The second-order valence-electron chi connectivity index (χ2n) is 6.71. The molecule has 5 nitrogen and oxygen atoms in total. The number of carbonyl (C=O) groups is 2. The highest BCUT2D eigenvalue weighted by Gasteiger charge is 2.28. The second-order valence-corrected chi connectivity index (χ2v) is 7.50. The van der Waals surface area contributed by atoms with Crippen LogP contribution < -0.4 is 10.1 Å². The molecule has 2 amide bonds. The minimum atomic E-state index is -0.547. The van der Waals surface area contributed by atoms with Gasteiger partial charge in [-0.2, -0.15) is 0 Å². The zero-order chi connectivity index (χ0) is 20.7. The highest BCUT2D eigenvalue weighted by molar-refractivity contribution is 9.10. The molecule has 1 atom stereocenters. The zero-order valence-corrected chi connectivity index (χ0v) is 18.4. The van der Waals surface area contributed by atoms with Crippen molar-refractivity contribution in [1.29, 1.82) is 0 Å². The van der Waals surface area contributed by atoms with Crippen molar-refractivity contribution in [3.8, 4) is 5.75 Å². The maximum Gasteiger partial charge on any atom is 0.261 e. The Hall–Kier alpha value is -2.34. The van der Waals surface area contributed by atoms with Gasteiger partial charge in [-0.25, -0.2) is 0 Å². The Labute approximate surface area is 175 Å². The number of hydrogen-bond donors (Lipinski definition) is 1. The van der Waals surface area contributed by atoms with E-state index in [-0.39, 0.29) is 18.4 Å². The predicted octanol–water partition coefficient (Wildman–Crippen LogP) is 4.00. The molecule has 0 bridgehead atoms. The smallest absolute Gasteiger partial charge is 0.261 e. The topological polar surface area (TPSA) is 58.6 Å². The minimum absolute atomic E-state index is 0.124. The Kier molecular flexibility index (Phi) is 8.05. The molecule has 2 aromatic carbocycles. The largest absolute Gasteiger partial charge is 0.484 e. The third-order valence-corrected chi connectivity index (χ3v) is 5.85. The van der Waals surface area contributed by atoms with Crippen molar-refractivity contribution >= 4 is 27.7 Å². The van der Waals surface area contributed by atoms with Gasteiger partial charge in [0, 0.05) is 18.1 Å². The van der Waals surface area contributed by atoms with Gasteiger partial charge >= 0.3 is 0 Å². The van der Waals surface area contributed by atoms with E-state index in [1.54, 1.807) is 11.9 Å². The van der Waals surface area contributed by atoms with Crippen LogP contribution in [0.1, 0.15) is 30.0 Å². The van der Waals surface area contributed by atoms with E-state index < -0.39 is 6.04 Å². The molecule has 0 aliphatic heterocycles. The summed E-state index contributed by atoms with van der Waals surface area (Å²) in [5.41, 5.74) is 3.05. The van der Waals surface area contributed by atoms with E-state index in [1.165, 1.54) is 0 Å². The van der Waals surface area contributed by atoms with Crippen molar-refractivity contribution in [2.45, 2.75) is 39.8 Å². The van der Waals surface area contributed by atoms with Gasteiger partial charge in [-0.3, -0.25) is 9.59 Å². The average molecular weight is 447 g/mol. The summed E-state index contributed by atoms with van der Waals surface area (Å²) in [5, 5.41) is 2.65. The van der Waals surface area contributed by atoms with Crippen LogP contribution in [0.25, 0.3) is 0 Å². The standard InChI is InChI=1S/C22H27BrN2O3/c1-5-19(22(27)24-4)25(13-17-9-7-6-8-10-17)20(26)14-28-18-11-15(2)21(23)16(3)12-18/h6-12,19H,5,13-14H2,1-4H3,(H,24,27)/t19-/m0/s1. The molecular weight excluding hydrogens is 420 g/mol. The summed E-state index contributed by atoms with van der Waals surface area (Å²) in [6, 6.07) is 12.9. The van der Waals surface area contributed by atoms with E-state index in [2.05, 4.69) is 21.2 Å². The highest BCUT2D eigenvalue weighted by atomic mass is 79.9. The molecule has 0 unspecified atom stereocenters. The highest BCUT2D eigenvalue weighted by Crippen LogP contribution is 2.26. The number of benzene rings is 2. The molecule has 2 aromatic rings. The van der Waals surface area contributed by atoms with Gasteiger partial charge in [0.2, 0.25) is 5.91 Å². The molecule has 2 rings (SSSR count). The molecule has 6 heteroatoms. The molecule has 0 fully saturated rings. The van der Waals surface area contributed by atoms with Crippen molar-refractivity contribution in [3.63, 3.8) is 0 Å². The van der Waals surface area contributed by atoms with Crippen LogP contribution in [0.4, 0.5) is 0 Å². The van der Waals surface area contributed by atoms with Crippen LogP contribution in [0, 0.1) is 13.8 Å². The molecule has 0 saturated heterocycles. The van der Waals surface area contributed by atoms with Gasteiger partial charge in [-0.15, -0.1) is 0 Å². The predicted molar refractivity (Wildman–Crippen MR) is 114 cm³/mol. The van der Waals surface area contributed by atoms with Gasteiger partial charge in [0.25, 0.3) is 5.91 Å². The van der Waals surface area contributed by atoms with E-state index in [0.717, 1.165) is 21.2 Å². The first-order valence-electron chi connectivity index (χ1n) is 9.31. The molecule has 0 aliphatic rings. The molecule has 0 aromatic heterocycles. The van der Waals surface area contributed by atoms with Crippen molar-refractivity contribution in [3.05, 3.63) is 63.6 Å². The van der Waals surface area contributed by atoms with Gasteiger partial charge in [0.15, 0.2) is 6.61 Å². The number of nitrogens with zero attached hydrogens (tertiary/aromatic N) is 1. The summed E-state index contributed by atoms with van der Waals surface area (Å²) in [4.78, 5) is 26.9. The summed E-state index contributed by atoms with van der Waals surface area (Å²) in [6.45, 7) is 6.08. The number of amides is 2. The summed E-state index contributed by atoms with van der Waals surface area (Å²) in [7, 11) is 1.58. The molecule has 0 radical (unpaired) electrons. The van der Waals surface area contributed by atoms with Crippen molar-refractivity contribution in [2.24, 2.45) is 0 Å². The van der Waals surface area contributed by atoms with E-state index in [4.69, 9.17) is 4.74 Å². The first-order valence-corrected chi connectivity index (χ1v) is 10.1. The summed E-state index contributed by atoms with van der Waals surface area (Å²) in [5.74, 6) is 0.235. The second kappa shape index (κ2) is 10.3. The third kappa shape index (κ3) is 5.58. The molecule has 0 spiro atoms. The van der Waals surface area contributed by atoms with Crippen LogP contribution in [0.5, 0.6) is 5.75 Å². The first-order chi connectivity index (χ1) is 13.4. The number of likely N-dealkylation sites (N-methyl/N-ethyl adjacent to an activating group) is 1. The quantitative estimate of drug-likeness (QED) is 0.666. The Morgan fingerprint density at radius 1 is 1.14 bits per heavy atom. The van der Waals surface area contributed by atoms with Gasteiger partial charge < -0.3 is 15.0 Å². The fraction of sp³-hybridized carbons (Fsp3) is 0.364. The number of rotatable bonds is 8. The van der Waals surface area contributed by atoms with Crippen LogP contribution in [-0.2, 0) is 16.1 Å². The van der Waals surface area contributed by atoms with Crippen LogP contribution in [0.2, 0.25) is 0 Å². The first kappa shape index (κ1) is 22.0. The summed E-state index contributed by atoms with van der Waals surface area (Å²) >= 11 is 3.53. The maximum absolute atomic E-state index is 13.0. The van der Waals surface area contributed by atoms with E-state index in [1.807, 2.05) is 63.2 Å². The van der Waals surface area contributed by atoms with Crippen LogP contribution in [0.3, 0.4) is 0 Å². The van der Waals surface area contributed by atoms with Gasteiger partial charge in [-0.1, -0.05) is 53.2 Å². The van der Waals surface area contributed by atoms with Gasteiger partial charge in [0.05, 0.1) is 0 Å². The summed E-state index contributed by atoms with van der Waals surface area (Å²) < 4.78 is 6.80. The maximum atomic E-state index is 13.0. The fourth-order valence-corrected chi connectivity index (χ4v) is 3.31. The van der Waals surface area contributed by atoms with Crippen LogP contribution in [0.15, 0.2) is 46.9 Å². The lowest BCUT2D eigenvalue weighted by atomic mass is 10.1. The van der Waals surface area contributed by atoms with Gasteiger partial charge in [0.1, 0.15) is 11.8 Å². The number of nitrogens with one attached hydrogen (secondary N) is 1. The minimum Gasteiger partial charge on any atom is -0.484 e. The van der Waals surface area contributed by atoms with Crippen molar-refractivity contribution < 1.29 is 14.3 Å². The Balaban J connectivity index is 2.19. The molecule has 0 saturated carbocycles. The zero-order valence-electron chi connectivity index (χ0n) is 16.8. The normalized spacial score (nSPS) is 11.6. The molecule has 28 heavy (non-hydrogen) atoms. The van der Waals surface area contributed by atoms with Crippen LogP contribution >= 0.6 is 15.9 Å². The van der Waals surface area contributed by atoms with E-state index in [0.29, 0.717) is 18.7 Å². The third-order valence-electron chi connectivity index (χ3n) is 4.60. The van der Waals surface area contributed by atoms with Crippen molar-refractivity contribution in [1.82, 2.24) is 10.2 Å². The lowest BCUT2D eigenvalue weighted by Crippen LogP contribution is -2.49. The SMILES string of the molecule is CC[C@@H](C(=O)NC)N(Cc1ccccc1)C(=O)COc1cc(C)c(Br)c(C)c1. The number of carbonyl (C=O) groups excluding carboxylic acids is 2. The van der Waals surface area contributed by atoms with E-state index >= 15 is 0 Å². The lowest BCUT2D eigenvalue weighted by Gasteiger charge is -2.30.